The summed E-state index contributed by atoms with van der Waals surface area (Å²) in [6.07, 6.45) is 4.03. The van der Waals surface area contributed by atoms with E-state index in [1.807, 2.05) is 29.0 Å². The fourth-order valence-electron chi connectivity index (χ4n) is 2.98. The molecule has 1 aliphatic rings. The average molecular weight is 362 g/mol. The standard InChI is InChI=1S/C20H18N4OS/c1-13-5-3-4-6-15(13)11-24-12-16-9-14(7-8-17(16)23-24)10-18-19(21-2)22-20(25)26-18/h3-10,12H,11H2,1-2H3,(H,21,22,25)/b18-10-. The molecule has 2 heterocycles. The molecule has 0 bridgehead atoms. The third-order valence-electron chi connectivity index (χ3n) is 4.35. The van der Waals surface area contributed by atoms with E-state index in [9.17, 15) is 4.79 Å². The SMILES string of the molecule is CN=C1NC(=O)S/C1=C\c1ccc2nn(Cc3ccccc3C)cc2c1. The summed E-state index contributed by atoms with van der Waals surface area (Å²) < 4.78 is 1.97. The molecule has 1 N–H and O–H groups in total. The van der Waals surface area contributed by atoms with E-state index in [1.54, 1.807) is 7.05 Å². The lowest BCUT2D eigenvalue weighted by atomic mass is 10.1. The summed E-state index contributed by atoms with van der Waals surface area (Å²) in [5, 5.41) is 8.38. The molecular formula is C20H18N4OS. The minimum atomic E-state index is -0.0935. The molecule has 1 fully saturated rings. The fraction of sp³-hybridized carbons (Fsp3) is 0.150. The van der Waals surface area contributed by atoms with Crippen molar-refractivity contribution in [3.05, 3.63) is 70.3 Å². The molecular weight excluding hydrogens is 344 g/mol. The number of fused-ring (bicyclic) bond motifs is 1. The van der Waals surface area contributed by atoms with Crippen molar-refractivity contribution in [1.29, 1.82) is 0 Å². The summed E-state index contributed by atoms with van der Waals surface area (Å²) in [6.45, 7) is 2.86. The molecule has 0 aliphatic carbocycles. The van der Waals surface area contributed by atoms with E-state index in [2.05, 4.69) is 52.8 Å². The van der Waals surface area contributed by atoms with Crippen LogP contribution in [0.4, 0.5) is 4.79 Å². The van der Waals surface area contributed by atoms with Gasteiger partial charge < -0.3 is 5.32 Å². The van der Waals surface area contributed by atoms with Crippen molar-refractivity contribution in [1.82, 2.24) is 15.1 Å². The maximum absolute atomic E-state index is 11.5. The number of thioether (sulfide) groups is 1. The molecule has 1 saturated heterocycles. The van der Waals surface area contributed by atoms with Crippen LogP contribution in [0.25, 0.3) is 17.0 Å². The van der Waals surface area contributed by atoms with Crippen molar-refractivity contribution in [3.8, 4) is 0 Å². The highest BCUT2D eigenvalue weighted by atomic mass is 32.2. The van der Waals surface area contributed by atoms with Gasteiger partial charge in [-0.3, -0.25) is 14.5 Å². The number of aromatic nitrogens is 2. The van der Waals surface area contributed by atoms with E-state index in [1.165, 1.54) is 22.9 Å². The van der Waals surface area contributed by atoms with Crippen molar-refractivity contribution in [3.63, 3.8) is 0 Å². The molecule has 0 spiro atoms. The molecule has 1 aromatic heterocycles. The number of benzene rings is 2. The van der Waals surface area contributed by atoms with Crippen LogP contribution >= 0.6 is 11.8 Å². The Bertz CT molecular complexity index is 1060. The summed E-state index contributed by atoms with van der Waals surface area (Å²) in [5.74, 6) is 0.621. The van der Waals surface area contributed by atoms with E-state index >= 15 is 0 Å². The van der Waals surface area contributed by atoms with Gasteiger partial charge in [-0.05, 0) is 53.6 Å². The summed E-state index contributed by atoms with van der Waals surface area (Å²) >= 11 is 1.17. The Morgan fingerprint density at radius 2 is 2.12 bits per heavy atom. The minimum absolute atomic E-state index is 0.0935. The first-order valence-electron chi connectivity index (χ1n) is 8.32. The highest BCUT2D eigenvalue weighted by molar-refractivity contribution is 8.18. The average Bonchev–Trinajstić information content (AvgIpc) is 3.19. The van der Waals surface area contributed by atoms with E-state index in [0.717, 1.165) is 27.9 Å². The lowest BCUT2D eigenvalue weighted by Gasteiger charge is -2.04. The predicted molar refractivity (Wildman–Crippen MR) is 107 cm³/mol. The number of carbonyl (C=O) groups is 1. The van der Waals surface area contributed by atoms with Gasteiger partial charge in [0, 0.05) is 18.6 Å². The first-order valence-corrected chi connectivity index (χ1v) is 9.13. The van der Waals surface area contributed by atoms with Crippen molar-refractivity contribution in [2.45, 2.75) is 13.5 Å². The molecule has 0 radical (unpaired) electrons. The monoisotopic (exact) mass is 362 g/mol. The van der Waals surface area contributed by atoms with Gasteiger partial charge in [-0.25, -0.2) is 0 Å². The number of amides is 1. The molecule has 0 unspecified atom stereocenters. The molecule has 1 amide bonds. The smallest absolute Gasteiger partial charge is 0.289 e. The topological polar surface area (TPSA) is 59.3 Å². The number of hydrogen-bond donors (Lipinski definition) is 1. The van der Waals surface area contributed by atoms with Crippen LogP contribution in [0.1, 0.15) is 16.7 Å². The van der Waals surface area contributed by atoms with Crippen molar-refractivity contribution in [2.24, 2.45) is 4.99 Å². The molecule has 0 saturated carbocycles. The molecule has 4 rings (SSSR count). The van der Waals surface area contributed by atoms with Gasteiger partial charge in [0.05, 0.1) is 17.0 Å². The Hall–Kier alpha value is -2.86. The number of rotatable bonds is 3. The Labute approximate surface area is 155 Å². The van der Waals surface area contributed by atoms with Gasteiger partial charge in [0.15, 0.2) is 0 Å². The second kappa shape index (κ2) is 6.80. The zero-order chi connectivity index (χ0) is 18.1. The number of nitrogens with one attached hydrogen (secondary N) is 1. The van der Waals surface area contributed by atoms with Crippen LogP contribution in [0.15, 0.2) is 58.6 Å². The minimum Gasteiger partial charge on any atom is -0.300 e. The first-order chi connectivity index (χ1) is 12.6. The predicted octanol–water partition coefficient (Wildman–Crippen LogP) is 4.22. The molecule has 3 aromatic rings. The molecule has 5 nitrogen and oxygen atoms in total. The van der Waals surface area contributed by atoms with Crippen LogP contribution in [0, 0.1) is 6.92 Å². The molecule has 0 atom stereocenters. The zero-order valence-corrected chi connectivity index (χ0v) is 15.4. The molecule has 2 aromatic carbocycles. The Morgan fingerprint density at radius 3 is 2.92 bits per heavy atom. The highest BCUT2D eigenvalue weighted by Crippen LogP contribution is 2.27. The number of carbonyl (C=O) groups excluding carboxylic acids is 1. The van der Waals surface area contributed by atoms with Gasteiger partial charge in [0.25, 0.3) is 5.24 Å². The van der Waals surface area contributed by atoms with E-state index in [4.69, 9.17) is 0 Å². The molecule has 6 heteroatoms. The zero-order valence-electron chi connectivity index (χ0n) is 14.6. The van der Waals surface area contributed by atoms with Crippen LogP contribution < -0.4 is 5.32 Å². The lowest BCUT2D eigenvalue weighted by Crippen LogP contribution is -2.18. The summed E-state index contributed by atoms with van der Waals surface area (Å²) in [6, 6.07) is 14.4. The maximum atomic E-state index is 11.5. The van der Waals surface area contributed by atoms with E-state index in [0.29, 0.717) is 5.84 Å². The third-order valence-corrected chi connectivity index (χ3v) is 5.17. The van der Waals surface area contributed by atoms with Crippen molar-refractivity contribution >= 4 is 39.8 Å². The highest BCUT2D eigenvalue weighted by Gasteiger charge is 2.22. The van der Waals surface area contributed by atoms with Crippen molar-refractivity contribution < 1.29 is 4.79 Å². The van der Waals surface area contributed by atoms with Crippen LogP contribution in [-0.4, -0.2) is 27.9 Å². The quantitative estimate of drug-likeness (QED) is 0.759. The van der Waals surface area contributed by atoms with E-state index < -0.39 is 0 Å². The Morgan fingerprint density at radius 1 is 1.27 bits per heavy atom. The van der Waals surface area contributed by atoms with Gasteiger partial charge >= 0.3 is 0 Å². The number of nitrogens with zero attached hydrogens (tertiary/aromatic N) is 3. The molecule has 1 aliphatic heterocycles. The third kappa shape index (κ3) is 3.28. The summed E-state index contributed by atoms with van der Waals surface area (Å²) in [5.41, 5.74) is 4.50. The first kappa shape index (κ1) is 16.6. The summed E-state index contributed by atoms with van der Waals surface area (Å²) in [7, 11) is 1.67. The fourth-order valence-corrected chi connectivity index (χ4v) is 3.76. The second-order valence-electron chi connectivity index (χ2n) is 6.17. The van der Waals surface area contributed by atoms with Gasteiger partial charge in [0.1, 0.15) is 5.84 Å². The number of amidine groups is 1. The normalized spacial score (nSPS) is 17.4. The van der Waals surface area contributed by atoms with Gasteiger partial charge in [0.2, 0.25) is 0 Å². The van der Waals surface area contributed by atoms with Gasteiger partial charge in [-0.1, -0.05) is 30.3 Å². The Kier molecular flexibility index (Phi) is 4.34. The summed E-state index contributed by atoms with van der Waals surface area (Å²) in [4.78, 5) is 16.5. The number of aryl methyl sites for hydroxylation is 1. The van der Waals surface area contributed by atoms with Crippen LogP contribution in [-0.2, 0) is 6.54 Å². The maximum Gasteiger partial charge on any atom is 0.289 e. The Balaban J connectivity index is 1.64. The van der Waals surface area contributed by atoms with E-state index in [-0.39, 0.29) is 5.24 Å². The largest absolute Gasteiger partial charge is 0.300 e. The lowest BCUT2D eigenvalue weighted by molar-refractivity contribution is 0.265. The molecule has 130 valence electrons. The van der Waals surface area contributed by atoms with Crippen molar-refractivity contribution in [2.75, 3.05) is 7.05 Å². The van der Waals surface area contributed by atoms with Gasteiger partial charge in [-0.2, -0.15) is 5.10 Å². The van der Waals surface area contributed by atoms with Crippen LogP contribution in [0.2, 0.25) is 0 Å². The second-order valence-corrected chi connectivity index (χ2v) is 7.18. The van der Waals surface area contributed by atoms with Gasteiger partial charge in [-0.15, -0.1) is 0 Å². The van der Waals surface area contributed by atoms with Crippen LogP contribution in [0.5, 0.6) is 0 Å². The van der Waals surface area contributed by atoms with Crippen LogP contribution in [0.3, 0.4) is 0 Å². The number of aliphatic imine (C=N–C) groups is 1. The number of hydrogen-bond acceptors (Lipinski definition) is 4. The molecule has 26 heavy (non-hydrogen) atoms.